The summed E-state index contributed by atoms with van der Waals surface area (Å²) in [4.78, 5) is 38.8. The zero-order valence-corrected chi connectivity index (χ0v) is 14.0. The molecular weight excluding hydrogens is 324 g/mol. The number of morpholine rings is 1. The average Bonchev–Trinajstić information content (AvgIpc) is 3.00. The highest BCUT2D eigenvalue weighted by Gasteiger charge is 2.29. The van der Waals surface area contributed by atoms with E-state index < -0.39 is 12.0 Å². The Hall–Kier alpha value is -2.41. The predicted molar refractivity (Wildman–Crippen MR) is 89.0 cm³/mol. The van der Waals surface area contributed by atoms with Crippen molar-refractivity contribution in [2.45, 2.75) is 31.8 Å². The number of carbonyl (C=O) groups excluding carboxylic acids is 2. The van der Waals surface area contributed by atoms with Crippen LogP contribution in [-0.2, 0) is 20.9 Å². The lowest BCUT2D eigenvalue weighted by atomic mass is 10.1. The molecule has 7 heteroatoms. The van der Waals surface area contributed by atoms with E-state index in [4.69, 9.17) is 9.84 Å². The Balaban J connectivity index is 1.67. The van der Waals surface area contributed by atoms with Crippen molar-refractivity contribution in [3.05, 3.63) is 35.4 Å². The first-order valence-corrected chi connectivity index (χ1v) is 8.52. The summed E-state index contributed by atoms with van der Waals surface area (Å²) in [6.45, 7) is 2.39. The molecule has 2 aliphatic rings. The van der Waals surface area contributed by atoms with Gasteiger partial charge in [0, 0.05) is 31.6 Å². The lowest BCUT2D eigenvalue weighted by Crippen LogP contribution is -2.49. The van der Waals surface area contributed by atoms with Gasteiger partial charge in [-0.1, -0.05) is 12.1 Å². The second kappa shape index (κ2) is 7.65. The van der Waals surface area contributed by atoms with Gasteiger partial charge in [-0.15, -0.1) is 0 Å². The molecule has 7 nitrogen and oxygen atoms in total. The third-order valence-electron chi connectivity index (χ3n) is 4.64. The van der Waals surface area contributed by atoms with E-state index >= 15 is 0 Å². The topological polar surface area (TPSA) is 87.2 Å². The van der Waals surface area contributed by atoms with Gasteiger partial charge in [-0.2, -0.15) is 0 Å². The summed E-state index contributed by atoms with van der Waals surface area (Å²) in [5, 5.41) is 9.00. The molecule has 2 saturated heterocycles. The molecule has 1 aromatic carbocycles. The monoisotopic (exact) mass is 346 g/mol. The van der Waals surface area contributed by atoms with Gasteiger partial charge in [0.1, 0.15) is 0 Å². The third kappa shape index (κ3) is 4.17. The van der Waals surface area contributed by atoms with Crippen molar-refractivity contribution in [1.82, 2.24) is 9.80 Å². The van der Waals surface area contributed by atoms with Crippen LogP contribution < -0.4 is 0 Å². The van der Waals surface area contributed by atoms with Gasteiger partial charge < -0.3 is 19.6 Å². The molecule has 1 unspecified atom stereocenters. The number of rotatable bonds is 5. The number of carboxylic acids is 1. The summed E-state index contributed by atoms with van der Waals surface area (Å²) in [5.74, 6) is -0.956. The fraction of sp³-hybridized carbons (Fsp3) is 0.500. The number of carbonyl (C=O) groups is 3. The van der Waals surface area contributed by atoms with Gasteiger partial charge in [0.15, 0.2) is 0 Å². The molecule has 3 rings (SSSR count). The van der Waals surface area contributed by atoms with Crippen LogP contribution in [0.5, 0.6) is 0 Å². The normalized spacial score (nSPS) is 20.8. The predicted octanol–water partition coefficient (Wildman–Crippen LogP) is 1.12. The molecule has 2 heterocycles. The summed E-state index contributed by atoms with van der Waals surface area (Å²) >= 11 is 0. The van der Waals surface area contributed by atoms with Crippen molar-refractivity contribution in [3.63, 3.8) is 0 Å². The molecular formula is C18H22N2O5. The minimum absolute atomic E-state index is 0.124. The van der Waals surface area contributed by atoms with Gasteiger partial charge in [-0.25, -0.2) is 0 Å². The molecule has 0 spiro atoms. The van der Waals surface area contributed by atoms with E-state index in [9.17, 15) is 14.4 Å². The van der Waals surface area contributed by atoms with Crippen LogP contribution in [0.1, 0.15) is 35.2 Å². The molecule has 0 radical (unpaired) electrons. The smallest absolute Gasteiger partial charge is 0.305 e. The minimum atomic E-state index is -0.945. The fourth-order valence-electron chi connectivity index (χ4n) is 3.30. The maximum absolute atomic E-state index is 12.7. The Morgan fingerprint density at radius 1 is 1.20 bits per heavy atom. The lowest BCUT2D eigenvalue weighted by Gasteiger charge is -2.34. The summed E-state index contributed by atoms with van der Waals surface area (Å²) in [7, 11) is 0. The van der Waals surface area contributed by atoms with Crippen molar-refractivity contribution in [2.75, 3.05) is 26.3 Å². The van der Waals surface area contributed by atoms with E-state index in [1.807, 2.05) is 17.0 Å². The molecule has 2 amide bonds. The van der Waals surface area contributed by atoms with Crippen LogP contribution in [-0.4, -0.2) is 65.0 Å². The highest BCUT2D eigenvalue weighted by atomic mass is 16.5. The Morgan fingerprint density at radius 2 is 1.96 bits per heavy atom. The Kier molecular flexibility index (Phi) is 5.33. The molecule has 0 aromatic heterocycles. The van der Waals surface area contributed by atoms with Crippen LogP contribution in [0.25, 0.3) is 0 Å². The highest BCUT2D eigenvalue weighted by molar-refractivity contribution is 5.94. The lowest BCUT2D eigenvalue weighted by molar-refractivity contribution is -0.139. The second-order valence-corrected chi connectivity index (χ2v) is 6.44. The maximum Gasteiger partial charge on any atom is 0.305 e. The van der Waals surface area contributed by atoms with Crippen molar-refractivity contribution >= 4 is 17.8 Å². The first-order chi connectivity index (χ1) is 12.0. The molecule has 25 heavy (non-hydrogen) atoms. The fourth-order valence-corrected chi connectivity index (χ4v) is 3.30. The number of carboxylic acid groups (broad SMARTS) is 1. The molecule has 0 bridgehead atoms. The minimum Gasteiger partial charge on any atom is -0.481 e. The van der Waals surface area contributed by atoms with Crippen LogP contribution in [0.15, 0.2) is 24.3 Å². The standard InChI is InChI=1S/C18H22N2O5/c21-16-2-1-7-19(16)11-13-3-5-14(6-4-13)18(24)20-8-9-25-12-15(20)10-17(22)23/h3-6,15H,1-2,7-12H2,(H,22,23). The molecule has 1 N–H and O–H groups in total. The van der Waals surface area contributed by atoms with Crippen LogP contribution in [0.3, 0.4) is 0 Å². The van der Waals surface area contributed by atoms with E-state index in [1.165, 1.54) is 0 Å². The molecule has 1 aromatic rings. The summed E-state index contributed by atoms with van der Waals surface area (Å²) in [6.07, 6.45) is 1.39. The zero-order valence-electron chi connectivity index (χ0n) is 14.0. The van der Waals surface area contributed by atoms with Crippen LogP contribution in [0.2, 0.25) is 0 Å². The van der Waals surface area contributed by atoms with E-state index in [0.29, 0.717) is 31.7 Å². The molecule has 1 atom stereocenters. The number of nitrogens with zero attached hydrogens (tertiary/aromatic N) is 2. The van der Waals surface area contributed by atoms with Crippen molar-refractivity contribution in [1.29, 1.82) is 0 Å². The number of aliphatic carboxylic acids is 1. The molecule has 2 fully saturated rings. The summed E-state index contributed by atoms with van der Waals surface area (Å²) in [6, 6.07) is 6.74. The van der Waals surface area contributed by atoms with Crippen molar-refractivity contribution in [3.8, 4) is 0 Å². The molecule has 134 valence electrons. The number of ether oxygens (including phenoxy) is 1. The van der Waals surface area contributed by atoms with Gasteiger partial charge in [0.05, 0.1) is 25.7 Å². The number of amides is 2. The van der Waals surface area contributed by atoms with Gasteiger partial charge in [0.25, 0.3) is 5.91 Å². The average molecular weight is 346 g/mol. The highest BCUT2D eigenvalue weighted by Crippen LogP contribution is 2.18. The first-order valence-electron chi connectivity index (χ1n) is 8.52. The maximum atomic E-state index is 12.7. The number of hydrogen-bond donors (Lipinski definition) is 1. The zero-order chi connectivity index (χ0) is 17.8. The summed E-state index contributed by atoms with van der Waals surface area (Å²) in [5.41, 5.74) is 1.50. The van der Waals surface area contributed by atoms with E-state index in [-0.39, 0.29) is 24.8 Å². The van der Waals surface area contributed by atoms with Crippen LogP contribution in [0.4, 0.5) is 0 Å². The third-order valence-corrected chi connectivity index (χ3v) is 4.64. The molecule has 0 aliphatic carbocycles. The van der Waals surface area contributed by atoms with Crippen LogP contribution in [0, 0.1) is 0 Å². The molecule has 2 aliphatic heterocycles. The Morgan fingerprint density at radius 3 is 2.60 bits per heavy atom. The number of benzene rings is 1. The quantitative estimate of drug-likeness (QED) is 0.863. The molecule has 0 saturated carbocycles. The first kappa shape index (κ1) is 17.4. The van der Waals surface area contributed by atoms with Gasteiger partial charge >= 0.3 is 5.97 Å². The van der Waals surface area contributed by atoms with Gasteiger partial charge in [0.2, 0.25) is 5.91 Å². The van der Waals surface area contributed by atoms with Gasteiger partial charge in [-0.3, -0.25) is 14.4 Å². The Bertz CT molecular complexity index is 658. The second-order valence-electron chi connectivity index (χ2n) is 6.44. The number of hydrogen-bond acceptors (Lipinski definition) is 4. The number of likely N-dealkylation sites (tertiary alicyclic amines) is 1. The van der Waals surface area contributed by atoms with E-state index in [0.717, 1.165) is 18.5 Å². The Labute approximate surface area is 146 Å². The van der Waals surface area contributed by atoms with Crippen LogP contribution >= 0.6 is 0 Å². The van der Waals surface area contributed by atoms with E-state index in [2.05, 4.69) is 0 Å². The summed E-state index contributed by atoms with van der Waals surface area (Å²) < 4.78 is 5.31. The van der Waals surface area contributed by atoms with Crippen molar-refractivity contribution < 1.29 is 24.2 Å². The van der Waals surface area contributed by atoms with Gasteiger partial charge in [-0.05, 0) is 24.1 Å². The SMILES string of the molecule is O=C(O)CC1COCCN1C(=O)c1ccc(CN2CCCC2=O)cc1. The largest absolute Gasteiger partial charge is 0.481 e. The van der Waals surface area contributed by atoms with E-state index in [1.54, 1.807) is 17.0 Å². The van der Waals surface area contributed by atoms with Crippen molar-refractivity contribution in [2.24, 2.45) is 0 Å².